The molecule has 2 nitrogen and oxygen atoms in total. The van der Waals surface area contributed by atoms with Crippen molar-refractivity contribution in [1.82, 2.24) is 4.98 Å². The summed E-state index contributed by atoms with van der Waals surface area (Å²) in [6.07, 6.45) is 0. The smallest absolute Gasteiger partial charge is 0.126 e. The van der Waals surface area contributed by atoms with Crippen molar-refractivity contribution in [3.8, 4) is 0 Å². The van der Waals surface area contributed by atoms with Crippen molar-refractivity contribution in [2.24, 2.45) is 5.73 Å². The molecule has 0 aliphatic rings. The normalized spacial score (nSPS) is 11.0. The molecule has 0 atom stereocenters. The van der Waals surface area contributed by atoms with E-state index in [-0.39, 0.29) is 5.82 Å². The van der Waals surface area contributed by atoms with Gasteiger partial charge in [0, 0.05) is 27.6 Å². The first-order valence-corrected chi connectivity index (χ1v) is 4.66. The van der Waals surface area contributed by atoms with Crippen LogP contribution in [0.4, 0.5) is 4.39 Å². The van der Waals surface area contributed by atoms with Crippen LogP contribution < -0.4 is 5.73 Å². The molecule has 0 saturated carbocycles. The molecule has 0 amide bonds. The second-order valence-corrected chi connectivity index (χ2v) is 3.70. The van der Waals surface area contributed by atoms with Crippen molar-refractivity contribution < 1.29 is 4.39 Å². The van der Waals surface area contributed by atoms with Crippen LogP contribution in [0.25, 0.3) is 10.9 Å². The number of halogens is 2. The van der Waals surface area contributed by atoms with Crippen molar-refractivity contribution in [3.63, 3.8) is 0 Å². The van der Waals surface area contributed by atoms with Gasteiger partial charge in [-0.15, -0.1) is 0 Å². The van der Waals surface area contributed by atoms with E-state index in [4.69, 9.17) is 5.73 Å². The van der Waals surface area contributed by atoms with Crippen LogP contribution >= 0.6 is 15.9 Å². The summed E-state index contributed by atoms with van der Waals surface area (Å²) in [4.78, 5) is 3.03. The van der Waals surface area contributed by atoms with Gasteiger partial charge < -0.3 is 10.7 Å². The Hall–Kier alpha value is -0.870. The Morgan fingerprint density at radius 2 is 2.15 bits per heavy atom. The van der Waals surface area contributed by atoms with E-state index in [0.717, 1.165) is 21.1 Å². The molecule has 1 aromatic carbocycles. The molecule has 68 valence electrons. The molecule has 0 fully saturated rings. The second kappa shape index (κ2) is 3.12. The van der Waals surface area contributed by atoms with E-state index in [9.17, 15) is 4.39 Å². The highest BCUT2D eigenvalue weighted by molar-refractivity contribution is 9.10. The Morgan fingerprint density at radius 3 is 2.85 bits per heavy atom. The number of H-pyrrole nitrogens is 1. The summed E-state index contributed by atoms with van der Waals surface area (Å²) in [5, 5.41) is 0.960. The van der Waals surface area contributed by atoms with Crippen LogP contribution in [0.5, 0.6) is 0 Å². The van der Waals surface area contributed by atoms with Gasteiger partial charge in [0.05, 0.1) is 0 Å². The summed E-state index contributed by atoms with van der Waals surface area (Å²) in [5.41, 5.74) is 7.14. The predicted molar refractivity (Wildman–Crippen MR) is 53.8 cm³/mol. The largest absolute Gasteiger partial charge is 0.357 e. The van der Waals surface area contributed by atoms with E-state index in [1.807, 2.05) is 6.07 Å². The van der Waals surface area contributed by atoms with Gasteiger partial charge in [0.25, 0.3) is 0 Å². The van der Waals surface area contributed by atoms with Crippen molar-refractivity contribution in [3.05, 3.63) is 34.2 Å². The highest BCUT2D eigenvalue weighted by atomic mass is 79.9. The molecule has 2 aromatic rings. The Morgan fingerprint density at radius 1 is 1.38 bits per heavy atom. The van der Waals surface area contributed by atoms with E-state index in [2.05, 4.69) is 20.9 Å². The molecule has 0 bridgehead atoms. The molecular weight excluding hydrogens is 235 g/mol. The van der Waals surface area contributed by atoms with Crippen LogP contribution in [-0.2, 0) is 6.54 Å². The summed E-state index contributed by atoms with van der Waals surface area (Å²) >= 11 is 3.29. The number of aromatic nitrogens is 1. The van der Waals surface area contributed by atoms with Gasteiger partial charge in [-0.2, -0.15) is 0 Å². The first-order chi connectivity index (χ1) is 6.20. The molecule has 4 heteroatoms. The molecule has 0 saturated heterocycles. The number of fused-ring (bicyclic) bond motifs is 1. The average molecular weight is 243 g/mol. The van der Waals surface area contributed by atoms with E-state index in [1.165, 1.54) is 12.1 Å². The molecular formula is C9H8BrFN2. The van der Waals surface area contributed by atoms with Crippen LogP contribution in [-0.4, -0.2) is 4.98 Å². The number of nitrogens with one attached hydrogen (secondary N) is 1. The summed E-state index contributed by atoms with van der Waals surface area (Å²) in [5.74, 6) is -0.259. The third-order valence-corrected chi connectivity index (χ3v) is 2.58. The summed E-state index contributed by atoms with van der Waals surface area (Å²) in [6, 6.07) is 4.81. The maximum absolute atomic E-state index is 12.9. The molecule has 0 aliphatic heterocycles. The Bertz CT molecular complexity index is 450. The number of benzene rings is 1. The maximum Gasteiger partial charge on any atom is 0.126 e. The highest BCUT2D eigenvalue weighted by Crippen LogP contribution is 2.25. The lowest BCUT2D eigenvalue weighted by Gasteiger charge is -1.93. The highest BCUT2D eigenvalue weighted by Gasteiger charge is 2.04. The zero-order valence-electron chi connectivity index (χ0n) is 6.77. The van der Waals surface area contributed by atoms with Crippen LogP contribution in [0.2, 0.25) is 0 Å². The van der Waals surface area contributed by atoms with Crippen LogP contribution in [0.3, 0.4) is 0 Å². The second-order valence-electron chi connectivity index (χ2n) is 2.85. The SMILES string of the molecule is NCc1cc2c(Br)cc(F)cc2[nH]1. The van der Waals surface area contributed by atoms with Gasteiger partial charge in [-0.1, -0.05) is 0 Å². The average Bonchev–Trinajstić information content (AvgIpc) is 2.47. The molecule has 3 N–H and O–H groups in total. The molecule has 1 aromatic heterocycles. The summed E-state index contributed by atoms with van der Waals surface area (Å²) in [7, 11) is 0. The third-order valence-electron chi connectivity index (χ3n) is 1.93. The van der Waals surface area contributed by atoms with Crippen molar-refractivity contribution in [2.75, 3.05) is 0 Å². The minimum absolute atomic E-state index is 0.259. The number of rotatable bonds is 1. The summed E-state index contributed by atoms with van der Waals surface area (Å²) < 4.78 is 13.7. The van der Waals surface area contributed by atoms with Gasteiger partial charge in [-0.3, -0.25) is 0 Å². The number of hydrogen-bond acceptors (Lipinski definition) is 1. The van der Waals surface area contributed by atoms with Gasteiger partial charge >= 0.3 is 0 Å². The minimum Gasteiger partial charge on any atom is -0.357 e. The lowest BCUT2D eigenvalue weighted by Crippen LogP contribution is -1.94. The van der Waals surface area contributed by atoms with Crippen LogP contribution in [0.15, 0.2) is 22.7 Å². The fourth-order valence-electron chi connectivity index (χ4n) is 1.33. The van der Waals surface area contributed by atoms with E-state index in [1.54, 1.807) is 0 Å². The maximum atomic E-state index is 12.9. The lowest BCUT2D eigenvalue weighted by molar-refractivity contribution is 0.628. The zero-order chi connectivity index (χ0) is 9.42. The quantitative estimate of drug-likeness (QED) is 0.793. The lowest BCUT2D eigenvalue weighted by atomic mass is 10.2. The van der Waals surface area contributed by atoms with Crippen molar-refractivity contribution in [1.29, 1.82) is 0 Å². The van der Waals surface area contributed by atoms with Crippen molar-refractivity contribution >= 4 is 26.8 Å². The Kier molecular flexibility index (Phi) is 2.09. The van der Waals surface area contributed by atoms with Crippen molar-refractivity contribution in [2.45, 2.75) is 6.54 Å². The molecule has 0 radical (unpaired) electrons. The van der Waals surface area contributed by atoms with E-state index in [0.29, 0.717) is 6.54 Å². The summed E-state index contributed by atoms with van der Waals surface area (Å²) in [6.45, 7) is 0.433. The number of nitrogens with two attached hydrogens (primary N) is 1. The topological polar surface area (TPSA) is 41.8 Å². The van der Waals surface area contributed by atoms with Crippen LogP contribution in [0, 0.1) is 5.82 Å². The molecule has 0 aliphatic carbocycles. The van der Waals surface area contributed by atoms with E-state index < -0.39 is 0 Å². The van der Waals surface area contributed by atoms with Gasteiger partial charge in [-0.05, 0) is 34.1 Å². The number of aromatic amines is 1. The fraction of sp³-hybridized carbons (Fsp3) is 0.111. The minimum atomic E-state index is -0.259. The molecule has 0 unspecified atom stereocenters. The third kappa shape index (κ3) is 1.47. The Labute approximate surface area is 83.1 Å². The van der Waals surface area contributed by atoms with Gasteiger partial charge in [0.2, 0.25) is 0 Å². The first-order valence-electron chi connectivity index (χ1n) is 3.87. The standard InChI is InChI=1S/C9H8BrFN2/c10-8-1-5(11)2-9-7(8)3-6(4-12)13-9/h1-3,13H,4,12H2. The van der Waals surface area contributed by atoms with Gasteiger partial charge in [-0.25, -0.2) is 4.39 Å². The molecule has 0 spiro atoms. The monoisotopic (exact) mass is 242 g/mol. The van der Waals surface area contributed by atoms with Gasteiger partial charge in [0.1, 0.15) is 5.82 Å². The van der Waals surface area contributed by atoms with Crippen LogP contribution in [0.1, 0.15) is 5.69 Å². The van der Waals surface area contributed by atoms with E-state index >= 15 is 0 Å². The molecule has 1 heterocycles. The van der Waals surface area contributed by atoms with Gasteiger partial charge in [0.15, 0.2) is 0 Å². The molecule has 2 rings (SSSR count). The zero-order valence-corrected chi connectivity index (χ0v) is 8.36. The first kappa shape index (κ1) is 8.72. The molecule has 13 heavy (non-hydrogen) atoms. The fourth-order valence-corrected chi connectivity index (χ4v) is 1.87. The number of hydrogen-bond donors (Lipinski definition) is 2. The predicted octanol–water partition coefficient (Wildman–Crippen LogP) is 2.53. The Balaban J connectivity index is 2.75.